The first kappa shape index (κ1) is 16.3. The number of ketones is 2. The first-order valence-corrected chi connectivity index (χ1v) is 8.63. The molecule has 1 aliphatic rings. The standard InChI is InChI=1S/C23H19NO2/c1-13-11-14(2)21(15(3)12-13)24-19-10-6-9-18-20(19)23(26)17-8-5-4-7-16(17)22(18)25/h4-12,24H,1-3H3. The van der Waals surface area contributed by atoms with Crippen molar-refractivity contribution in [1.29, 1.82) is 0 Å². The van der Waals surface area contributed by atoms with E-state index in [1.165, 1.54) is 5.56 Å². The molecule has 3 aromatic rings. The molecule has 0 heterocycles. The topological polar surface area (TPSA) is 46.2 Å². The van der Waals surface area contributed by atoms with Crippen LogP contribution in [-0.4, -0.2) is 11.6 Å². The van der Waals surface area contributed by atoms with E-state index in [9.17, 15) is 9.59 Å². The van der Waals surface area contributed by atoms with Crippen LogP contribution >= 0.6 is 0 Å². The van der Waals surface area contributed by atoms with E-state index in [1.54, 1.807) is 30.3 Å². The number of fused-ring (bicyclic) bond motifs is 2. The molecule has 1 aliphatic carbocycles. The van der Waals surface area contributed by atoms with E-state index in [1.807, 2.05) is 26.0 Å². The molecule has 3 aromatic carbocycles. The van der Waals surface area contributed by atoms with Gasteiger partial charge in [-0.3, -0.25) is 9.59 Å². The highest BCUT2D eigenvalue weighted by molar-refractivity contribution is 6.30. The molecule has 0 spiro atoms. The summed E-state index contributed by atoms with van der Waals surface area (Å²) in [6, 6.07) is 16.6. The van der Waals surface area contributed by atoms with Crippen LogP contribution in [0.3, 0.4) is 0 Å². The van der Waals surface area contributed by atoms with Crippen LogP contribution in [0, 0.1) is 20.8 Å². The Kier molecular flexibility index (Phi) is 3.73. The van der Waals surface area contributed by atoms with E-state index in [0.29, 0.717) is 27.9 Å². The normalized spacial score (nSPS) is 12.6. The van der Waals surface area contributed by atoms with E-state index in [4.69, 9.17) is 0 Å². The number of nitrogens with one attached hydrogen (secondary N) is 1. The molecule has 0 aromatic heterocycles. The van der Waals surface area contributed by atoms with Gasteiger partial charge in [-0.1, -0.05) is 54.1 Å². The van der Waals surface area contributed by atoms with Crippen molar-refractivity contribution in [1.82, 2.24) is 0 Å². The monoisotopic (exact) mass is 341 g/mol. The van der Waals surface area contributed by atoms with Crippen LogP contribution in [0.25, 0.3) is 0 Å². The molecule has 0 unspecified atom stereocenters. The van der Waals surface area contributed by atoms with E-state index in [2.05, 4.69) is 24.4 Å². The molecular formula is C23H19NO2. The van der Waals surface area contributed by atoms with Crippen LogP contribution < -0.4 is 5.32 Å². The molecule has 0 saturated heterocycles. The number of aryl methyl sites for hydroxylation is 3. The van der Waals surface area contributed by atoms with Gasteiger partial charge in [0.25, 0.3) is 0 Å². The van der Waals surface area contributed by atoms with Gasteiger partial charge in [0, 0.05) is 22.4 Å². The average molecular weight is 341 g/mol. The van der Waals surface area contributed by atoms with Crippen molar-refractivity contribution in [2.24, 2.45) is 0 Å². The second-order valence-electron chi connectivity index (χ2n) is 6.83. The van der Waals surface area contributed by atoms with Crippen LogP contribution in [0.1, 0.15) is 48.5 Å². The highest BCUT2D eigenvalue weighted by Gasteiger charge is 2.31. The Labute approximate surface area is 152 Å². The largest absolute Gasteiger partial charge is 0.354 e. The number of carbonyl (C=O) groups excluding carboxylic acids is 2. The molecule has 0 aliphatic heterocycles. The van der Waals surface area contributed by atoms with Crippen LogP contribution in [0.2, 0.25) is 0 Å². The van der Waals surface area contributed by atoms with Crippen molar-refractivity contribution in [3.05, 3.63) is 93.5 Å². The van der Waals surface area contributed by atoms with E-state index in [0.717, 1.165) is 16.8 Å². The average Bonchev–Trinajstić information content (AvgIpc) is 2.62. The van der Waals surface area contributed by atoms with Gasteiger partial charge in [-0.05, 0) is 38.0 Å². The fourth-order valence-electron chi connectivity index (χ4n) is 3.76. The number of rotatable bonds is 2. The van der Waals surface area contributed by atoms with E-state index < -0.39 is 0 Å². The summed E-state index contributed by atoms with van der Waals surface area (Å²) in [5, 5.41) is 3.40. The predicted octanol–water partition coefficient (Wildman–Crippen LogP) is 5.13. The lowest BCUT2D eigenvalue weighted by Crippen LogP contribution is -2.22. The molecule has 128 valence electrons. The number of carbonyl (C=O) groups is 2. The Hall–Kier alpha value is -3.20. The molecule has 26 heavy (non-hydrogen) atoms. The minimum Gasteiger partial charge on any atom is -0.354 e. The van der Waals surface area contributed by atoms with Gasteiger partial charge in [-0.25, -0.2) is 0 Å². The fourth-order valence-corrected chi connectivity index (χ4v) is 3.76. The summed E-state index contributed by atoms with van der Waals surface area (Å²) in [5.74, 6) is -0.211. The number of hydrogen-bond donors (Lipinski definition) is 1. The van der Waals surface area contributed by atoms with Gasteiger partial charge in [0.1, 0.15) is 0 Å². The quantitative estimate of drug-likeness (QED) is 0.550. The molecular weight excluding hydrogens is 322 g/mol. The molecule has 0 amide bonds. The lowest BCUT2D eigenvalue weighted by atomic mass is 9.83. The van der Waals surface area contributed by atoms with Crippen molar-refractivity contribution in [3.8, 4) is 0 Å². The zero-order chi connectivity index (χ0) is 18.4. The molecule has 4 rings (SSSR count). The van der Waals surface area contributed by atoms with E-state index in [-0.39, 0.29) is 11.6 Å². The van der Waals surface area contributed by atoms with Crippen LogP contribution in [0.4, 0.5) is 11.4 Å². The van der Waals surface area contributed by atoms with Gasteiger partial charge < -0.3 is 5.32 Å². The van der Waals surface area contributed by atoms with Crippen molar-refractivity contribution in [2.75, 3.05) is 5.32 Å². The van der Waals surface area contributed by atoms with Crippen molar-refractivity contribution < 1.29 is 9.59 Å². The van der Waals surface area contributed by atoms with Gasteiger partial charge in [0.05, 0.1) is 11.3 Å². The zero-order valence-electron chi connectivity index (χ0n) is 15.0. The van der Waals surface area contributed by atoms with Gasteiger partial charge in [0.15, 0.2) is 11.6 Å². The second kappa shape index (κ2) is 5.95. The molecule has 3 nitrogen and oxygen atoms in total. The summed E-state index contributed by atoms with van der Waals surface area (Å²) >= 11 is 0. The molecule has 0 atom stereocenters. The van der Waals surface area contributed by atoms with Crippen LogP contribution in [-0.2, 0) is 0 Å². The smallest absolute Gasteiger partial charge is 0.196 e. The van der Waals surface area contributed by atoms with Crippen LogP contribution in [0.5, 0.6) is 0 Å². The summed E-state index contributed by atoms with van der Waals surface area (Å²) in [6.07, 6.45) is 0. The van der Waals surface area contributed by atoms with Crippen molar-refractivity contribution in [2.45, 2.75) is 20.8 Å². The van der Waals surface area contributed by atoms with Gasteiger partial charge >= 0.3 is 0 Å². The van der Waals surface area contributed by atoms with E-state index >= 15 is 0 Å². The summed E-state index contributed by atoms with van der Waals surface area (Å²) in [7, 11) is 0. The van der Waals surface area contributed by atoms with Crippen LogP contribution in [0.15, 0.2) is 54.6 Å². The Morgan fingerprint density at radius 2 is 1.27 bits per heavy atom. The minimum atomic E-state index is -0.110. The molecule has 1 N–H and O–H groups in total. The van der Waals surface area contributed by atoms with Gasteiger partial charge in [0.2, 0.25) is 0 Å². The zero-order valence-corrected chi connectivity index (χ0v) is 15.0. The van der Waals surface area contributed by atoms with Gasteiger partial charge in [-0.2, -0.15) is 0 Å². The first-order chi connectivity index (χ1) is 12.5. The third-order valence-electron chi connectivity index (χ3n) is 4.89. The Morgan fingerprint density at radius 3 is 1.92 bits per heavy atom. The number of benzene rings is 3. The molecule has 0 saturated carbocycles. The maximum atomic E-state index is 13.1. The lowest BCUT2D eigenvalue weighted by Gasteiger charge is -2.22. The summed E-state index contributed by atoms with van der Waals surface area (Å²) < 4.78 is 0. The van der Waals surface area contributed by atoms with Gasteiger partial charge in [-0.15, -0.1) is 0 Å². The highest BCUT2D eigenvalue weighted by Crippen LogP contribution is 2.34. The van der Waals surface area contributed by atoms with Crippen molar-refractivity contribution in [3.63, 3.8) is 0 Å². The molecule has 0 radical (unpaired) electrons. The molecule has 0 fully saturated rings. The fraction of sp³-hybridized carbons (Fsp3) is 0.130. The lowest BCUT2D eigenvalue weighted by molar-refractivity contribution is 0.0979. The number of anilines is 2. The Morgan fingerprint density at radius 1 is 0.692 bits per heavy atom. The Balaban J connectivity index is 1.87. The maximum Gasteiger partial charge on any atom is 0.196 e. The SMILES string of the molecule is Cc1cc(C)c(Nc2cccc3c2C(=O)c2ccccc2C3=O)c(C)c1. The maximum absolute atomic E-state index is 13.1. The predicted molar refractivity (Wildman–Crippen MR) is 104 cm³/mol. The summed E-state index contributed by atoms with van der Waals surface area (Å²) in [5.41, 5.74) is 6.91. The molecule has 0 bridgehead atoms. The first-order valence-electron chi connectivity index (χ1n) is 8.63. The third-order valence-corrected chi connectivity index (χ3v) is 4.89. The summed E-state index contributed by atoms with van der Waals surface area (Å²) in [6.45, 7) is 6.15. The molecule has 3 heteroatoms. The van der Waals surface area contributed by atoms with Crippen molar-refractivity contribution >= 4 is 22.9 Å². The summed E-state index contributed by atoms with van der Waals surface area (Å²) in [4.78, 5) is 26.0. The second-order valence-corrected chi connectivity index (χ2v) is 6.83. The Bertz CT molecular complexity index is 1060. The minimum absolute atomic E-state index is 0.101. The third kappa shape index (κ3) is 2.44. The highest BCUT2D eigenvalue weighted by atomic mass is 16.1. The number of hydrogen-bond acceptors (Lipinski definition) is 3.